The molecule has 1 unspecified atom stereocenters. The number of carbonyl (C=O) groups excluding carboxylic acids is 2. The molecule has 0 radical (unpaired) electrons. The predicted octanol–water partition coefficient (Wildman–Crippen LogP) is 3.10. The highest BCUT2D eigenvalue weighted by atomic mass is 35.5. The summed E-state index contributed by atoms with van der Waals surface area (Å²) in [6, 6.07) is 10.6. The molecular weight excluding hydrogens is 427 g/mol. The predicted molar refractivity (Wildman–Crippen MR) is 117 cm³/mol. The van der Waals surface area contributed by atoms with Gasteiger partial charge in [-0.1, -0.05) is 29.3 Å². The second-order valence-corrected chi connectivity index (χ2v) is 8.18. The Bertz CT molecular complexity index is 963. The third-order valence-electron chi connectivity index (χ3n) is 5.52. The third-order valence-corrected chi connectivity index (χ3v) is 5.97. The van der Waals surface area contributed by atoms with E-state index in [2.05, 4.69) is 9.88 Å². The van der Waals surface area contributed by atoms with Crippen molar-refractivity contribution >= 4 is 46.5 Å². The van der Waals surface area contributed by atoms with E-state index in [4.69, 9.17) is 27.9 Å². The van der Waals surface area contributed by atoms with E-state index in [0.29, 0.717) is 54.3 Å². The topological polar surface area (TPSA) is 66.0 Å². The van der Waals surface area contributed by atoms with Gasteiger partial charge in [-0.2, -0.15) is 0 Å². The molecular formula is C21H22Cl2N4O3. The van der Waals surface area contributed by atoms with E-state index in [1.165, 1.54) is 0 Å². The van der Waals surface area contributed by atoms with Crippen molar-refractivity contribution in [2.45, 2.75) is 6.42 Å². The Morgan fingerprint density at radius 3 is 2.60 bits per heavy atom. The highest BCUT2D eigenvalue weighted by Gasteiger charge is 2.39. The van der Waals surface area contributed by atoms with Gasteiger partial charge in [0, 0.05) is 44.2 Å². The summed E-state index contributed by atoms with van der Waals surface area (Å²) in [6.45, 7) is 2.83. The second-order valence-electron chi connectivity index (χ2n) is 7.35. The number of nitrogens with zero attached hydrogens (tertiary/aromatic N) is 4. The number of benzene rings is 1. The highest BCUT2D eigenvalue weighted by molar-refractivity contribution is 6.31. The minimum Gasteiger partial charge on any atom is -0.495 e. The van der Waals surface area contributed by atoms with Crippen molar-refractivity contribution in [3.8, 4) is 5.75 Å². The van der Waals surface area contributed by atoms with Crippen molar-refractivity contribution in [1.29, 1.82) is 0 Å². The van der Waals surface area contributed by atoms with Crippen LogP contribution in [-0.2, 0) is 9.59 Å². The van der Waals surface area contributed by atoms with Gasteiger partial charge in [-0.15, -0.1) is 0 Å². The fourth-order valence-electron chi connectivity index (χ4n) is 3.97. The number of hydrogen-bond acceptors (Lipinski definition) is 5. The van der Waals surface area contributed by atoms with Crippen molar-refractivity contribution < 1.29 is 14.3 Å². The third kappa shape index (κ3) is 4.18. The summed E-state index contributed by atoms with van der Waals surface area (Å²) in [5.74, 6) is 0.895. The van der Waals surface area contributed by atoms with Crippen LogP contribution >= 0.6 is 23.2 Å². The minimum atomic E-state index is -0.378. The van der Waals surface area contributed by atoms with E-state index in [-0.39, 0.29) is 24.2 Å². The van der Waals surface area contributed by atoms with Crippen LogP contribution in [0, 0.1) is 5.92 Å². The Morgan fingerprint density at radius 2 is 1.90 bits per heavy atom. The molecule has 2 saturated heterocycles. The molecule has 2 amide bonds. The molecule has 2 aliphatic heterocycles. The molecule has 7 nitrogen and oxygen atoms in total. The van der Waals surface area contributed by atoms with E-state index in [1.807, 2.05) is 17.0 Å². The molecule has 158 valence electrons. The zero-order valence-corrected chi connectivity index (χ0v) is 18.1. The summed E-state index contributed by atoms with van der Waals surface area (Å²) >= 11 is 12.1. The number of halogens is 2. The van der Waals surface area contributed by atoms with E-state index in [0.717, 1.165) is 5.82 Å². The molecule has 0 N–H and O–H groups in total. The summed E-state index contributed by atoms with van der Waals surface area (Å²) in [5, 5.41) is 0.964. The summed E-state index contributed by atoms with van der Waals surface area (Å²) in [6.07, 6.45) is 0.185. The van der Waals surface area contributed by atoms with Gasteiger partial charge in [-0.25, -0.2) is 4.98 Å². The van der Waals surface area contributed by atoms with Crippen LogP contribution in [0.3, 0.4) is 0 Å². The van der Waals surface area contributed by atoms with Crippen LogP contribution in [0.15, 0.2) is 36.4 Å². The number of anilines is 2. The van der Waals surface area contributed by atoms with E-state index in [1.54, 1.807) is 36.3 Å². The first kappa shape index (κ1) is 20.8. The standard InChI is InChI=1S/C21H22Cl2N4O3/c1-30-17-6-5-15(22)12-16(17)27-13-14(11-20(27)28)21(29)26-9-7-25(8-10-26)19-4-2-3-18(23)24-19/h2-6,12,14H,7-11,13H2,1H3. The molecule has 0 saturated carbocycles. The molecule has 30 heavy (non-hydrogen) atoms. The van der Waals surface area contributed by atoms with Crippen molar-refractivity contribution in [3.63, 3.8) is 0 Å². The van der Waals surface area contributed by atoms with Crippen LogP contribution < -0.4 is 14.5 Å². The molecule has 2 aliphatic rings. The van der Waals surface area contributed by atoms with Gasteiger partial charge in [0.2, 0.25) is 11.8 Å². The number of carbonyl (C=O) groups is 2. The lowest BCUT2D eigenvalue weighted by molar-refractivity contribution is -0.136. The van der Waals surface area contributed by atoms with Gasteiger partial charge >= 0.3 is 0 Å². The molecule has 9 heteroatoms. The number of pyridine rings is 1. The maximum Gasteiger partial charge on any atom is 0.228 e. The number of methoxy groups -OCH3 is 1. The molecule has 1 aromatic heterocycles. The average molecular weight is 449 g/mol. The number of hydrogen-bond donors (Lipinski definition) is 0. The number of rotatable bonds is 4. The number of aromatic nitrogens is 1. The number of piperazine rings is 1. The monoisotopic (exact) mass is 448 g/mol. The zero-order chi connectivity index (χ0) is 21.3. The summed E-state index contributed by atoms with van der Waals surface area (Å²) < 4.78 is 5.37. The quantitative estimate of drug-likeness (QED) is 0.672. The van der Waals surface area contributed by atoms with Crippen molar-refractivity contribution in [2.24, 2.45) is 5.92 Å². The maximum absolute atomic E-state index is 13.1. The number of ether oxygens (including phenoxy) is 1. The Morgan fingerprint density at radius 1 is 1.13 bits per heavy atom. The van der Waals surface area contributed by atoms with Crippen LogP contribution in [0.4, 0.5) is 11.5 Å². The van der Waals surface area contributed by atoms with Crippen molar-refractivity contribution in [2.75, 3.05) is 49.6 Å². The fraction of sp³-hybridized carbons (Fsp3) is 0.381. The van der Waals surface area contributed by atoms with E-state index < -0.39 is 0 Å². The average Bonchev–Trinajstić information content (AvgIpc) is 3.14. The fourth-order valence-corrected chi connectivity index (χ4v) is 4.29. The lowest BCUT2D eigenvalue weighted by atomic mass is 10.1. The molecule has 3 heterocycles. The first-order chi connectivity index (χ1) is 14.5. The molecule has 2 aromatic rings. The maximum atomic E-state index is 13.1. The van der Waals surface area contributed by atoms with Gasteiger partial charge in [0.15, 0.2) is 0 Å². The SMILES string of the molecule is COc1ccc(Cl)cc1N1CC(C(=O)N2CCN(c3cccc(Cl)n3)CC2)CC1=O. The van der Waals surface area contributed by atoms with Crippen LogP contribution in [0.5, 0.6) is 5.75 Å². The first-order valence-electron chi connectivity index (χ1n) is 9.76. The molecule has 2 fully saturated rings. The van der Waals surface area contributed by atoms with Crippen LogP contribution in [-0.4, -0.2) is 61.5 Å². The van der Waals surface area contributed by atoms with Crippen LogP contribution in [0.25, 0.3) is 0 Å². The lowest BCUT2D eigenvalue weighted by Gasteiger charge is -2.36. The highest BCUT2D eigenvalue weighted by Crippen LogP contribution is 2.35. The first-order valence-corrected chi connectivity index (χ1v) is 10.5. The number of amides is 2. The molecule has 4 rings (SSSR count). The van der Waals surface area contributed by atoms with Crippen LogP contribution in [0.1, 0.15) is 6.42 Å². The smallest absolute Gasteiger partial charge is 0.228 e. The van der Waals surface area contributed by atoms with Gasteiger partial charge in [-0.05, 0) is 30.3 Å². The normalized spacial score (nSPS) is 19.4. The summed E-state index contributed by atoms with van der Waals surface area (Å²) in [7, 11) is 1.55. The van der Waals surface area contributed by atoms with Crippen molar-refractivity contribution in [1.82, 2.24) is 9.88 Å². The molecule has 1 aromatic carbocycles. The second kappa shape index (κ2) is 8.70. The Balaban J connectivity index is 1.41. The molecule has 1 atom stereocenters. The van der Waals surface area contributed by atoms with Crippen LogP contribution in [0.2, 0.25) is 10.2 Å². The van der Waals surface area contributed by atoms with Gasteiger partial charge in [0.1, 0.15) is 16.7 Å². The lowest BCUT2D eigenvalue weighted by Crippen LogP contribution is -2.51. The largest absolute Gasteiger partial charge is 0.495 e. The summed E-state index contributed by atoms with van der Waals surface area (Å²) in [4.78, 5) is 35.6. The molecule has 0 bridgehead atoms. The Hall–Kier alpha value is -2.51. The van der Waals surface area contributed by atoms with Crippen molar-refractivity contribution in [3.05, 3.63) is 46.6 Å². The molecule has 0 spiro atoms. The summed E-state index contributed by atoms with van der Waals surface area (Å²) in [5.41, 5.74) is 0.599. The van der Waals surface area contributed by atoms with E-state index >= 15 is 0 Å². The van der Waals surface area contributed by atoms with Gasteiger partial charge in [0.05, 0.1) is 18.7 Å². The van der Waals surface area contributed by atoms with Gasteiger partial charge < -0.3 is 19.4 Å². The Labute approximate surface area is 185 Å². The van der Waals surface area contributed by atoms with Gasteiger partial charge in [-0.3, -0.25) is 9.59 Å². The minimum absolute atomic E-state index is 0.00514. The molecule has 0 aliphatic carbocycles. The Kier molecular flexibility index (Phi) is 6.01. The zero-order valence-electron chi connectivity index (χ0n) is 16.6. The van der Waals surface area contributed by atoms with E-state index in [9.17, 15) is 9.59 Å². The van der Waals surface area contributed by atoms with Gasteiger partial charge in [0.25, 0.3) is 0 Å².